The zero-order valence-electron chi connectivity index (χ0n) is 7.80. The van der Waals surface area contributed by atoms with Crippen LogP contribution in [0.15, 0.2) is 12.1 Å². The summed E-state index contributed by atoms with van der Waals surface area (Å²) >= 11 is 5.81. The molecule has 0 aliphatic heterocycles. The minimum absolute atomic E-state index is 0.229. The van der Waals surface area contributed by atoms with Crippen LogP contribution in [0.3, 0.4) is 0 Å². The van der Waals surface area contributed by atoms with Crippen LogP contribution in [0.25, 0.3) is 0 Å². The molecule has 0 amide bonds. The Balaban J connectivity index is 3.36. The molecule has 0 saturated carbocycles. The average molecular weight is 210 g/mol. The maximum Gasteiger partial charge on any atom is 0.339 e. The molecule has 3 nitrogen and oxygen atoms in total. The molecule has 0 bridgehead atoms. The topological polar surface area (TPSA) is 50.1 Å². The van der Waals surface area contributed by atoms with Gasteiger partial charge in [0.2, 0.25) is 0 Å². The predicted octanol–water partition coefficient (Wildman–Crippen LogP) is 2.31. The monoisotopic (exact) mass is 209 g/mol. The van der Waals surface area contributed by atoms with Crippen LogP contribution in [0.4, 0.5) is 0 Å². The summed E-state index contributed by atoms with van der Waals surface area (Å²) in [5, 5.41) is 9.23. The Hall–Kier alpha value is -1.53. The molecule has 0 aliphatic rings. The maximum atomic E-state index is 11.2. The highest BCUT2D eigenvalue weighted by molar-refractivity contribution is 6.31. The van der Waals surface area contributed by atoms with Gasteiger partial charge >= 0.3 is 5.97 Å². The lowest BCUT2D eigenvalue weighted by Crippen LogP contribution is -2.04. The Bertz CT molecular complexity index is 421. The predicted molar refractivity (Wildman–Crippen MR) is 52.2 cm³/mol. The normalized spacial score (nSPS) is 9.29. The average Bonchev–Trinajstić information content (AvgIpc) is 2.20. The van der Waals surface area contributed by atoms with Crippen LogP contribution in [0.1, 0.15) is 21.5 Å². The van der Waals surface area contributed by atoms with Gasteiger partial charge in [0, 0.05) is 5.02 Å². The van der Waals surface area contributed by atoms with Gasteiger partial charge in [-0.05, 0) is 24.6 Å². The summed E-state index contributed by atoms with van der Waals surface area (Å²) in [6.07, 6.45) is 0. The first kappa shape index (κ1) is 10.6. The molecule has 72 valence electrons. The van der Waals surface area contributed by atoms with Gasteiger partial charge in [0.25, 0.3) is 0 Å². The van der Waals surface area contributed by atoms with E-state index in [1.165, 1.54) is 13.2 Å². The number of rotatable bonds is 1. The molecular formula is C10H8ClNO2. The molecule has 0 saturated heterocycles. The number of benzene rings is 1. The number of carbonyl (C=O) groups is 1. The molecule has 1 aromatic rings. The molecule has 1 rings (SSSR count). The van der Waals surface area contributed by atoms with E-state index in [9.17, 15) is 4.79 Å². The second-order valence-electron chi connectivity index (χ2n) is 2.75. The highest BCUT2D eigenvalue weighted by Crippen LogP contribution is 2.20. The lowest BCUT2D eigenvalue weighted by molar-refractivity contribution is 0.0600. The summed E-state index contributed by atoms with van der Waals surface area (Å²) < 4.78 is 4.54. The Labute approximate surface area is 86.9 Å². The zero-order valence-corrected chi connectivity index (χ0v) is 8.55. The number of hydrogen-bond acceptors (Lipinski definition) is 3. The number of aryl methyl sites for hydroxylation is 1. The fourth-order valence-corrected chi connectivity index (χ4v) is 1.22. The van der Waals surface area contributed by atoms with E-state index in [0.29, 0.717) is 5.02 Å². The summed E-state index contributed by atoms with van der Waals surface area (Å²) in [5.41, 5.74) is 1.22. The van der Waals surface area contributed by atoms with Crippen molar-refractivity contribution < 1.29 is 9.53 Å². The molecular weight excluding hydrogens is 202 g/mol. The van der Waals surface area contributed by atoms with Gasteiger partial charge in [-0.1, -0.05) is 11.6 Å². The fourth-order valence-electron chi connectivity index (χ4n) is 1.05. The Morgan fingerprint density at radius 2 is 2.21 bits per heavy atom. The molecule has 0 unspecified atom stereocenters. The molecule has 14 heavy (non-hydrogen) atoms. The van der Waals surface area contributed by atoms with Crippen LogP contribution in [0.5, 0.6) is 0 Å². The van der Waals surface area contributed by atoms with Crippen molar-refractivity contribution in [2.75, 3.05) is 7.11 Å². The number of carbonyl (C=O) groups excluding carboxylic acids is 1. The van der Waals surface area contributed by atoms with Crippen LogP contribution in [0.2, 0.25) is 5.02 Å². The second-order valence-corrected chi connectivity index (χ2v) is 3.16. The van der Waals surface area contributed by atoms with E-state index in [-0.39, 0.29) is 11.1 Å². The lowest BCUT2D eigenvalue weighted by Gasteiger charge is -2.04. The molecule has 1 aromatic carbocycles. The van der Waals surface area contributed by atoms with E-state index in [2.05, 4.69) is 4.74 Å². The van der Waals surface area contributed by atoms with Crippen molar-refractivity contribution in [1.29, 1.82) is 5.26 Å². The molecule has 0 fully saturated rings. The minimum atomic E-state index is -0.527. The van der Waals surface area contributed by atoms with E-state index < -0.39 is 5.97 Å². The molecule has 0 N–H and O–H groups in total. The van der Waals surface area contributed by atoms with Crippen LogP contribution in [0, 0.1) is 18.3 Å². The van der Waals surface area contributed by atoms with Crippen molar-refractivity contribution in [2.24, 2.45) is 0 Å². The van der Waals surface area contributed by atoms with Gasteiger partial charge in [0.15, 0.2) is 0 Å². The Morgan fingerprint density at radius 3 is 2.71 bits per heavy atom. The molecule has 0 aliphatic carbocycles. The maximum absolute atomic E-state index is 11.2. The Morgan fingerprint density at radius 1 is 1.57 bits per heavy atom. The van der Waals surface area contributed by atoms with Crippen LogP contribution < -0.4 is 0 Å². The van der Waals surface area contributed by atoms with Crippen molar-refractivity contribution in [3.05, 3.63) is 33.8 Å². The summed E-state index contributed by atoms with van der Waals surface area (Å²) in [6, 6.07) is 4.90. The van der Waals surface area contributed by atoms with Gasteiger partial charge in [-0.2, -0.15) is 5.26 Å². The molecule has 0 aromatic heterocycles. The smallest absolute Gasteiger partial charge is 0.339 e. The lowest BCUT2D eigenvalue weighted by atomic mass is 10.1. The summed E-state index contributed by atoms with van der Waals surface area (Å²) in [7, 11) is 1.27. The number of esters is 1. The third-order valence-electron chi connectivity index (χ3n) is 1.82. The van der Waals surface area contributed by atoms with Crippen molar-refractivity contribution in [3.8, 4) is 6.07 Å². The zero-order chi connectivity index (χ0) is 10.7. The number of hydrogen-bond donors (Lipinski definition) is 0. The Kier molecular flexibility index (Phi) is 3.10. The quantitative estimate of drug-likeness (QED) is 0.667. The number of methoxy groups -OCH3 is 1. The minimum Gasteiger partial charge on any atom is -0.465 e. The van der Waals surface area contributed by atoms with Gasteiger partial charge < -0.3 is 4.74 Å². The molecule has 4 heteroatoms. The summed E-state index contributed by atoms with van der Waals surface area (Å²) in [4.78, 5) is 11.2. The van der Waals surface area contributed by atoms with Gasteiger partial charge in [-0.25, -0.2) is 4.79 Å². The molecule has 0 heterocycles. The third-order valence-corrected chi connectivity index (χ3v) is 2.23. The second kappa shape index (κ2) is 4.12. The first-order chi connectivity index (χ1) is 6.60. The SMILES string of the molecule is COC(=O)c1cc(C)c(Cl)cc1C#N. The first-order valence-electron chi connectivity index (χ1n) is 3.88. The van der Waals surface area contributed by atoms with E-state index in [1.54, 1.807) is 13.0 Å². The van der Waals surface area contributed by atoms with Gasteiger partial charge in [0.05, 0.1) is 18.2 Å². The van der Waals surface area contributed by atoms with Crippen molar-refractivity contribution in [1.82, 2.24) is 0 Å². The molecule has 0 spiro atoms. The van der Waals surface area contributed by atoms with Crippen molar-refractivity contribution in [2.45, 2.75) is 6.92 Å². The standard InChI is InChI=1S/C10H8ClNO2/c1-6-3-8(10(13)14-2)7(5-12)4-9(6)11/h3-4H,1-2H3. The first-order valence-corrected chi connectivity index (χ1v) is 4.26. The van der Waals surface area contributed by atoms with Gasteiger partial charge in [-0.3, -0.25) is 0 Å². The third kappa shape index (κ3) is 1.86. The highest BCUT2D eigenvalue weighted by Gasteiger charge is 2.13. The summed E-state index contributed by atoms with van der Waals surface area (Å²) in [5.74, 6) is -0.527. The van der Waals surface area contributed by atoms with Gasteiger partial charge in [0.1, 0.15) is 6.07 Å². The molecule has 0 radical (unpaired) electrons. The highest BCUT2D eigenvalue weighted by atomic mass is 35.5. The number of halogens is 1. The van der Waals surface area contributed by atoms with E-state index in [1.807, 2.05) is 6.07 Å². The van der Waals surface area contributed by atoms with Gasteiger partial charge in [-0.15, -0.1) is 0 Å². The van der Waals surface area contributed by atoms with E-state index in [4.69, 9.17) is 16.9 Å². The number of ether oxygens (including phenoxy) is 1. The molecule has 0 atom stereocenters. The number of nitriles is 1. The fraction of sp³-hybridized carbons (Fsp3) is 0.200. The van der Waals surface area contributed by atoms with Crippen LogP contribution >= 0.6 is 11.6 Å². The van der Waals surface area contributed by atoms with E-state index in [0.717, 1.165) is 5.56 Å². The van der Waals surface area contributed by atoms with E-state index >= 15 is 0 Å². The van der Waals surface area contributed by atoms with Crippen molar-refractivity contribution in [3.63, 3.8) is 0 Å². The number of nitrogens with zero attached hydrogens (tertiary/aromatic N) is 1. The van der Waals surface area contributed by atoms with Crippen LogP contribution in [-0.4, -0.2) is 13.1 Å². The largest absolute Gasteiger partial charge is 0.465 e. The summed E-state index contributed by atoms with van der Waals surface area (Å²) in [6.45, 7) is 1.76. The van der Waals surface area contributed by atoms with Crippen molar-refractivity contribution >= 4 is 17.6 Å². The van der Waals surface area contributed by atoms with Crippen LogP contribution in [-0.2, 0) is 4.74 Å².